The van der Waals surface area contributed by atoms with Gasteiger partial charge in [0, 0.05) is 0 Å². The maximum Gasteiger partial charge on any atom is 0.306 e. The van der Waals surface area contributed by atoms with Gasteiger partial charge in [0.15, 0.2) is 0 Å². The molecule has 0 unspecified atom stereocenters. The summed E-state index contributed by atoms with van der Waals surface area (Å²) in [6.45, 7) is 6.68. The molecule has 6 nitrogen and oxygen atoms in total. The maximum atomic E-state index is 12.2. The highest BCUT2D eigenvalue weighted by Gasteiger charge is 2.67. The van der Waals surface area contributed by atoms with Crippen molar-refractivity contribution in [3.8, 4) is 0 Å². The minimum Gasteiger partial charge on any atom is -0.481 e. The molecule has 0 amide bonds. The quantitative estimate of drug-likeness (QED) is 0.591. The monoisotopic (exact) mass is 380 g/mol. The number of ether oxygens (including phenoxy) is 1. The van der Waals surface area contributed by atoms with Crippen molar-refractivity contribution < 1.29 is 29.2 Å². The van der Waals surface area contributed by atoms with Crippen molar-refractivity contribution in [1.82, 2.24) is 0 Å². The molecule has 3 aliphatic carbocycles. The number of carbonyl (C=O) groups is 2. The van der Waals surface area contributed by atoms with Gasteiger partial charge >= 0.3 is 11.9 Å². The van der Waals surface area contributed by atoms with Crippen molar-refractivity contribution in [2.45, 2.75) is 89.4 Å². The van der Waals surface area contributed by atoms with Gasteiger partial charge in [-0.05, 0) is 75.0 Å². The Bertz CT molecular complexity index is 620. The van der Waals surface area contributed by atoms with Crippen LogP contribution in [-0.2, 0) is 24.1 Å². The zero-order chi connectivity index (χ0) is 19.4. The van der Waals surface area contributed by atoms with Gasteiger partial charge in [-0.1, -0.05) is 13.8 Å². The molecule has 27 heavy (non-hydrogen) atoms. The number of hydrogen-bond donors (Lipinski definition) is 1. The molecule has 5 fully saturated rings. The molecule has 8 atom stereocenters. The van der Waals surface area contributed by atoms with Crippen LogP contribution in [0, 0.1) is 29.6 Å². The van der Waals surface area contributed by atoms with Gasteiger partial charge < -0.3 is 9.84 Å². The van der Waals surface area contributed by atoms with Crippen molar-refractivity contribution in [3.63, 3.8) is 0 Å². The fraction of sp³-hybridized carbons (Fsp3) is 0.905. The summed E-state index contributed by atoms with van der Waals surface area (Å²) in [7, 11) is 0. The van der Waals surface area contributed by atoms with Gasteiger partial charge in [0.1, 0.15) is 17.3 Å². The summed E-state index contributed by atoms with van der Waals surface area (Å²) in [5.74, 6) is 0.585. The smallest absolute Gasteiger partial charge is 0.306 e. The van der Waals surface area contributed by atoms with Gasteiger partial charge in [0.25, 0.3) is 0 Å². The first-order valence-corrected chi connectivity index (χ1v) is 10.5. The first-order chi connectivity index (χ1) is 12.7. The maximum absolute atomic E-state index is 12.2. The molecule has 0 aromatic heterocycles. The highest BCUT2D eigenvalue weighted by molar-refractivity contribution is 5.76. The number of hydrogen-bond acceptors (Lipinski definition) is 5. The largest absolute Gasteiger partial charge is 0.481 e. The fourth-order valence-corrected chi connectivity index (χ4v) is 6.59. The molecule has 1 spiro atoms. The molecule has 2 aliphatic heterocycles. The zero-order valence-electron chi connectivity index (χ0n) is 16.6. The Morgan fingerprint density at radius 2 is 1.89 bits per heavy atom. The standard InChI is InChI=1S/C21H32O6/c1-12-4-5-15-13(2)17(25-19(24)7-6-18(22)23)10-14-8-9-20(3)11-16(12)21(14,15)27-26-20/h12-17H,4-11H2,1-3H3,(H,22,23)/t12-,13-,14+,15+,16+,17+,20+,21+/m1/s1. The Labute approximate surface area is 160 Å². The van der Waals surface area contributed by atoms with E-state index in [0.717, 1.165) is 32.1 Å². The van der Waals surface area contributed by atoms with E-state index in [0.29, 0.717) is 23.7 Å². The summed E-state index contributed by atoms with van der Waals surface area (Å²) in [6.07, 6.45) is 5.70. The lowest BCUT2D eigenvalue weighted by atomic mass is 9.51. The molecular weight excluding hydrogens is 348 g/mol. The normalized spacial score (nSPS) is 48.4. The van der Waals surface area contributed by atoms with Crippen LogP contribution >= 0.6 is 0 Å². The second-order valence-corrected chi connectivity index (χ2v) is 9.69. The van der Waals surface area contributed by atoms with Crippen molar-refractivity contribution in [2.75, 3.05) is 0 Å². The van der Waals surface area contributed by atoms with E-state index in [9.17, 15) is 9.59 Å². The van der Waals surface area contributed by atoms with E-state index in [1.165, 1.54) is 6.42 Å². The molecule has 0 aromatic rings. The molecule has 2 saturated heterocycles. The lowest BCUT2D eigenvalue weighted by molar-refractivity contribution is -0.475. The molecule has 1 N–H and O–H groups in total. The van der Waals surface area contributed by atoms with Crippen LogP contribution in [0.2, 0.25) is 0 Å². The zero-order valence-corrected chi connectivity index (χ0v) is 16.6. The molecule has 0 radical (unpaired) electrons. The summed E-state index contributed by atoms with van der Waals surface area (Å²) in [4.78, 5) is 35.2. The number of carboxylic acids is 1. The van der Waals surface area contributed by atoms with E-state index >= 15 is 0 Å². The number of fused-ring (bicyclic) bond motifs is 2. The van der Waals surface area contributed by atoms with E-state index in [2.05, 4.69) is 20.8 Å². The Balaban J connectivity index is 1.58. The molecule has 2 heterocycles. The summed E-state index contributed by atoms with van der Waals surface area (Å²) >= 11 is 0. The molecule has 2 bridgehead atoms. The Morgan fingerprint density at radius 1 is 1.11 bits per heavy atom. The van der Waals surface area contributed by atoms with Crippen LogP contribution < -0.4 is 0 Å². The molecular formula is C21H32O6. The van der Waals surface area contributed by atoms with Gasteiger partial charge in [-0.3, -0.25) is 9.59 Å². The third kappa shape index (κ3) is 3.09. The first-order valence-electron chi connectivity index (χ1n) is 10.5. The second-order valence-electron chi connectivity index (χ2n) is 9.69. The van der Waals surface area contributed by atoms with E-state index in [4.69, 9.17) is 19.6 Å². The van der Waals surface area contributed by atoms with Crippen LogP contribution in [0.4, 0.5) is 0 Å². The fourth-order valence-electron chi connectivity index (χ4n) is 6.59. The van der Waals surface area contributed by atoms with Gasteiger partial charge in [-0.25, -0.2) is 9.78 Å². The lowest BCUT2D eigenvalue weighted by Gasteiger charge is -2.61. The van der Waals surface area contributed by atoms with Crippen LogP contribution in [0.5, 0.6) is 0 Å². The molecule has 0 aromatic carbocycles. The summed E-state index contributed by atoms with van der Waals surface area (Å²) < 4.78 is 5.79. The SMILES string of the molecule is C[C@H]1[C@@H](OC(=O)CCC(=O)O)C[C@@H]2CC[C@@]3(C)C[C@H]4[C@H](C)CC[C@@H]1[C@@]24OO3. The topological polar surface area (TPSA) is 82.1 Å². The second kappa shape index (κ2) is 6.73. The average Bonchev–Trinajstić information content (AvgIpc) is 2.84. The summed E-state index contributed by atoms with van der Waals surface area (Å²) in [5, 5.41) is 8.80. The van der Waals surface area contributed by atoms with Crippen LogP contribution in [0.15, 0.2) is 0 Å². The predicted molar refractivity (Wildman–Crippen MR) is 96.6 cm³/mol. The Morgan fingerprint density at radius 3 is 2.63 bits per heavy atom. The van der Waals surface area contributed by atoms with E-state index < -0.39 is 11.9 Å². The van der Waals surface area contributed by atoms with Gasteiger partial charge in [-0.2, -0.15) is 0 Å². The summed E-state index contributed by atoms with van der Waals surface area (Å²) in [5.41, 5.74) is -0.461. The highest BCUT2D eigenvalue weighted by atomic mass is 17.2. The number of carboxylic acid groups (broad SMARTS) is 1. The third-order valence-corrected chi connectivity index (χ3v) is 8.04. The Kier molecular flexibility index (Phi) is 4.78. The van der Waals surface area contributed by atoms with Gasteiger partial charge in [-0.15, -0.1) is 0 Å². The third-order valence-electron chi connectivity index (χ3n) is 8.04. The molecule has 5 aliphatic rings. The highest BCUT2D eigenvalue weighted by Crippen LogP contribution is 2.64. The van der Waals surface area contributed by atoms with Crippen LogP contribution in [0.3, 0.4) is 0 Å². The van der Waals surface area contributed by atoms with Crippen molar-refractivity contribution in [3.05, 3.63) is 0 Å². The van der Waals surface area contributed by atoms with Gasteiger partial charge in [0.05, 0.1) is 12.8 Å². The minimum absolute atomic E-state index is 0.0592. The number of esters is 1. The van der Waals surface area contributed by atoms with Crippen LogP contribution in [-0.4, -0.2) is 34.4 Å². The van der Waals surface area contributed by atoms with Gasteiger partial charge in [0.2, 0.25) is 0 Å². The molecule has 6 heteroatoms. The van der Waals surface area contributed by atoms with Crippen LogP contribution in [0.25, 0.3) is 0 Å². The van der Waals surface area contributed by atoms with E-state index in [1.54, 1.807) is 0 Å². The lowest BCUT2D eigenvalue weighted by Crippen LogP contribution is -2.66. The predicted octanol–water partition coefficient (Wildman–Crippen LogP) is 3.72. The first kappa shape index (κ1) is 19.2. The van der Waals surface area contributed by atoms with Crippen molar-refractivity contribution in [1.29, 1.82) is 0 Å². The minimum atomic E-state index is -0.966. The number of aliphatic carboxylic acids is 1. The average molecular weight is 380 g/mol. The molecule has 3 saturated carbocycles. The van der Waals surface area contributed by atoms with E-state index in [1.807, 2.05) is 0 Å². The Hall–Kier alpha value is -1.14. The van der Waals surface area contributed by atoms with Crippen molar-refractivity contribution in [2.24, 2.45) is 29.6 Å². The van der Waals surface area contributed by atoms with Crippen molar-refractivity contribution >= 4 is 11.9 Å². The number of rotatable bonds is 4. The van der Waals surface area contributed by atoms with E-state index in [-0.39, 0.29) is 36.1 Å². The van der Waals surface area contributed by atoms with Crippen LogP contribution in [0.1, 0.15) is 72.1 Å². The molecule has 152 valence electrons. The number of carbonyl (C=O) groups excluding carboxylic acids is 1. The summed E-state index contributed by atoms with van der Waals surface area (Å²) in [6, 6.07) is 0. The molecule has 5 rings (SSSR count).